The first kappa shape index (κ1) is 35.2. The van der Waals surface area contributed by atoms with Crippen molar-refractivity contribution in [2.24, 2.45) is 0 Å². The first-order valence-corrected chi connectivity index (χ1v) is 20.6. The van der Waals surface area contributed by atoms with Crippen molar-refractivity contribution in [2.75, 3.05) is 4.90 Å². The Hall–Kier alpha value is -7.94. The summed E-state index contributed by atoms with van der Waals surface area (Å²) in [4.78, 5) is 2.44. The lowest BCUT2D eigenvalue weighted by molar-refractivity contribution is 1.18. The van der Waals surface area contributed by atoms with Crippen LogP contribution in [0.4, 0.5) is 17.1 Å². The van der Waals surface area contributed by atoms with E-state index in [0.717, 1.165) is 33.8 Å². The number of benzene rings is 10. The highest BCUT2D eigenvalue weighted by Crippen LogP contribution is 2.46. The van der Waals surface area contributed by atoms with E-state index in [4.69, 9.17) is 0 Å². The summed E-state index contributed by atoms with van der Waals surface area (Å²) in [6.07, 6.45) is 0. The molecule has 10 aromatic carbocycles. The summed E-state index contributed by atoms with van der Waals surface area (Å²) in [5, 5.41) is 4.88. The molecule has 1 heterocycles. The highest BCUT2D eigenvalue weighted by atomic mass is 15.1. The predicted molar refractivity (Wildman–Crippen MR) is 255 cm³/mol. The molecule has 0 spiro atoms. The zero-order valence-corrected chi connectivity index (χ0v) is 33.0. The average Bonchev–Trinajstić information content (AvgIpc) is 3.66. The third-order valence-electron chi connectivity index (χ3n) is 11.8. The van der Waals surface area contributed by atoms with Gasteiger partial charge in [0, 0.05) is 33.4 Å². The van der Waals surface area contributed by atoms with Gasteiger partial charge < -0.3 is 9.47 Å². The number of hydrogen-bond acceptors (Lipinski definition) is 1. The van der Waals surface area contributed by atoms with E-state index in [1.165, 1.54) is 66.0 Å². The highest BCUT2D eigenvalue weighted by molar-refractivity contribution is 6.11. The van der Waals surface area contributed by atoms with E-state index in [2.05, 4.69) is 252 Å². The van der Waals surface area contributed by atoms with Crippen LogP contribution >= 0.6 is 0 Å². The molecule has 1 aromatic heterocycles. The molecule has 0 N–H and O–H groups in total. The molecule has 0 aliphatic heterocycles. The fourth-order valence-corrected chi connectivity index (χ4v) is 8.99. The molecule has 0 saturated carbocycles. The van der Waals surface area contributed by atoms with Crippen LogP contribution in [-0.4, -0.2) is 4.57 Å². The van der Waals surface area contributed by atoms with Gasteiger partial charge in [-0.05, 0) is 98.2 Å². The topological polar surface area (TPSA) is 8.17 Å². The van der Waals surface area contributed by atoms with Gasteiger partial charge in [0.2, 0.25) is 0 Å². The van der Waals surface area contributed by atoms with Gasteiger partial charge in [-0.15, -0.1) is 0 Å². The summed E-state index contributed by atoms with van der Waals surface area (Å²) >= 11 is 0. The summed E-state index contributed by atoms with van der Waals surface area (Å²) in [6.45, 7) is 0. The number of rotatable bonds is 8. The van der Waals surface area contributed by atoms with Crippen molar-refractivity contribution >= 4 is 49.6 Å². The van der Waals surface area contributed by atoms with Crippen molar-refractivity contribution in [3.05, 3.63) is 243 Å². The maximum absolute atomic E-state index is 2.45. The zero-order valence-electron chi connectivity index (χ0n) is 33.0. The Morgan fingerprint density at radius 3 is 1.62 bits per heavy atom. The standard InChI is InChI=1S/C58H40N2/c1-5-18-41(19-6-1)45-32-35-53(51-30-17-25-43-24-13-14-28-49(43)51)57(38-45)59(46-26-11-4-12-27-46)48-34-37-54-52-29-15-16-31-56(52)60(58(54)40-48)47-33-36-50(42-20-7-2-8-21-42)55(39-47)44-22-9-3-10-23-44/h1-40H. The summed E-state index contributed by atoms with van der Waals surface area (Å²) in [5.41, 5.74) is 16.2. The lowest BCUT2D eigenvalue weighted by atomic mass is 9.93. The van der Waals surface area contributed by atoms with Crippen molar-refractivity contribution in [1.82, 2.24) is 4.57 Å². The van der Waals surface area contributed by atoms with Crippen LogP contribution in [0.15, 0.2) is 243 Å². The van der Waals surface area contributed by atoms with Gasteiger partial charge in [0.1, 0.15) is 0 Å². The minimum atomic E-state index is 1.08. The Labute approximate surface area is 350 Å². The summed E-state index contributed by atoms with van der Waals surface area (Å²) in [6, 6.07) is 88.0. The number of aromatic nitrogens is 1. The van der Waals surface area contributed by atoms with E-state index in [1.54, 1.807) is 0 Å². The Morgan fingerprint density at radius 2 is 0.867 bits per heavy atom. The van der Waals surface area contributed by atoms with Gasteiger partial charge in [0.05, 0.1) is 16.7 Å². The highest BCUT2D eigenvalue weighted by Gasteiger charge is 2.22. The van der Waals surface area contributed by atoms with Crippen LogP contribution in [0.1, 0.15) is 0 Å². The lowest BCUT2D eigenvalue weighted by Gasteiger charge is -2.29. The summed E-state index contributed by atoms with van der Waals surface area (Å²) in [5.74, 6) is 0. The normalized spacial score (nSPS) is 11.3. The van der Waals surface area contributed by atoms with Crippen LogP contribution in [0.2, 0.25) is 0 Å². The number of fused-ring (bicyclic) bond motifs is 4. The monoisotopic (exact) mass is 764 g/mol. The maximum atomic E-state index is 2.45. The third kappa shape index (κ3) is 6.23. The largest absolute Gasteiger partial charge is 0.310 e. The molecule has 2 nitrogen and oxygen atoms in total. The van der Waals surface area contributed by atoms with Crippen LogP contribution in [0.5, 0.6) is 0 Å². The number of hydrogen-bond donors (Lipinski definition) is 0. The van der Waals surface area contributed by atoms with Gasteiger partial charge in [-0.1, -0.05) is 194 Å². The molecule has 0 fully saturated rings. The lowest BCUT2D eigenvalue weighted by Crippen LogP contribution is -2.11. The summed E-state index contributed by atoms with van der Waals surface area (Å²) < 4.78 is 2.45. The zero-order chi connectivity index (χ0) is 39.8. The van der Waals surface area contributed by atoms with E-state index in [-0.39, 0.29) is 0 Å². The second kappa shape index (κ2) is 15.1. The SMILES string of the molecule is c1ccc(-c2ccc(-c3cccc4ccccc34)c(N(c3ccccc3)c3ccc4c5ccccc5n(-c5ccc(-c6ccccc6)c(-c6ccccc6)c5)c4c3)c2)cc1. The molecule has 11 aromatic rings. The van der Waals surface area contributed by atoms with E-state index in [1.807, 2.05) is 0 Å². The molecule has 60 heavy (non-hydrogen) atoms. The average molecular weight is 765 g/mol. The van der Waals surface area contributed by atoms with Gasteiger partial charge in [-0.2, -0.15) is 0 Å². The van der Waals surface area contributed by atoms with E-state index in [9.17, 15) is 0 Å². The van der Waals surface area contributed by atoms with Crippen LogP contribution < -0.4 is 4.90 Å². The minimum Gasteiger partial charge on any atom is -0.310 e. The van der Waals surface area contributed by atoms with Crippen LogP contribution in [0.3, 0.4) is 0 Å². The Balaban J connectivity index is 1.18. The maximum Gasteiger partial charge on any atom is 0.0561 e. The Morgan fingerprint density at radius 1 is 0.283 bits per heavy atom. The molecule has 0 saturated heterocycles. The van der Waals surface area contributed by atoms with Crippen LogP contribution in [-0.2, 0) is 0 Å². The minimum absolute atomic E-state index is 1.08. The van der Waals surface area contributed by atoms with E-state index < -0.39 is 0 Å². The fraction of sp³-hybridized carbons (Fsp3) is 0. The second-order valence-electron chi connectivity index (χ2n) is 15.3. The molecule has 0 aliphatic carbocycles. The fourth-order valence-electron chi connectivity index (χ4n) is 8.99. The molecule has 0 unspecified atom stereocenters. The molecule has 0 amide bonds. The van der Waals surface area contributed by atoms with Crippen LogP contribution in [0.25, 0.3) is 82.8 Å². The number of para-hydroxylation sites is 2. The summed E-state index contributed by atoms with van der Waals surface area (Å²) in [7, 11) is 0. The smallest absolute Gasteiger partial charge is 0.0561 e. The van der Waals surface area contributed by atoms with Crippen molar-refractivity contribution in [3.8, 4) is 50.2 Å². The Bertz CT molecular complexity index is 3290. The molecular weight excluding hydrogens is 725 g/mol. The van der Waals surface area contributed by atoms with Gasteiger partial charge in [0.25, 0.3) is 0 Å². The number of anilines is 3. The molecule has 11 rings (SSSR count). The Kier molecular flexibility index (Phi) is 8.87. The van der Waals surface area contributed by atoms with Crippen molar-refractivity contribution < 1.29 is 0 Å². The molecule has 0 bridgehead atoms. The van der Waals surface area contributed by atoms with Gasteiger partial charge >= 0.3 is 0 Å². The first-order valence-electron chi connectivity index (χ1n) is 20.6. The van der Waals surface area contributed by atoms with E-state index >= 15 is 0 Å². The first-order chi connectivity index (χ1) is 29.8. The molecular formula is C58H40N2. The van der Waals surface area contributed by atoms with Crippen molar-refractivity contribution in [1.29, 1.82) is 0 Å². The molecule has 282 valence electrons. The molecule has 0 atom stereocenters. The predicted octanol–water partition coefficient (Wildman–Crippen LogP) is 16.1. The molecule has 2 heteroatoms. The third-order valence-corrected chi connectivity index (χ3v) is 11.8. The molecule has 0 radical (unpaired) electrons. The van der Waals surface area contributed by atoms with Gasteiger partial charge in [0.15, 0.2) is 0 Å². The van der Waals surface area contributed by atoms with Gasteiger partial charge in [-0.25, -0.2) is 0 Å². The van der Waals surface area contributed by atoms with Crippen molar-refractivity contribution in [2.45, 2.75) is 0 Å². The van der Waals surface area contributed by atoms with Crippen molar-refractivity contribution in [3.63, 3.8) is 0 Å². The van der Waals surface area contributed by atoms with Gasteiger partial charge in [-0.3, -0.25) is 0 Å². The van der Waals surface area contributed by atoms with E-state index in [0.29, 0.717) is 0 Å². The number of nitrogens with zero attached hydrogens (tertiary/aromatic N) is 2. The quantitative estimate of drug-likeness (QED) is 0.150. The van der Waals surface area contributed by atoms with Crippen LogP contribution in [0, 0.1) is 0 Å². The molecule has 0 aliphatic rings. The second-order valence-corrected chi connectivity index (χ2v) is 15.3.